The third-order valence-electron chi connectivity index (χ3n) is 4.60. The van der Waals surface area contributed by atoms with Gasteiger partial charge in [-0.3, -0.25) is 0 Å². The van der Waals surface area contributed by atoms with Gasteiger partial charge in [0.1, 0.15) is 0 Å². The Hall–Kier alpha value is -2.16. The van der Waals surface area contributed by atoms with Crippen LogP contribution in [0.2, 0.25) is 0 Å². The van der Waals surface area contributed by atoms with E-state index in [1.807, 2.05) is 30.3 Å². The van der Waals surface area contributed by atoms with Crippen LogP contribution >= 0.6 is 0 Å². The Morgan fingerprint density at radius 1 is 0.875 bits per heavy atom. The maximum atomic E-state index is 10.3. The molecule has 0 aromatic heterocycles. The number of benzene rings is 3. The van der Waals surface area contributed by atoms with E-state index in [1.54, 1.807) is 0 Å². The van der Waals surface area contributed by atoms with Gasteiger partial charge in [0.2, 0.25) is 0 Å². The summed E-state index contributed by atoms with van der Waals surface area (Å²) >= 11 is 0. The normalized spacial score (nSPS) is 13.8. The van der Waals surface area contributed by atoms with E-state index in [9.17, 15) is 5.11 Å². The summed E-state index contributed by atoms with van der Waals surface area (Å²) in [6.45, 7) is 4.89. The van der Waals surface area contributed by atoms with Crippen molar-refractivity contribution in [1.29, 1.82) is 0 Å². The van der Waals surface area contributed by atoms with E-state index in [1.165, 1.54) is 21.9 Å². The number of aryl methyl sites for hydroxylation is 1. The smallest absolute Gasteiger partial charge is 0.0914 e. The fourth-order valence-corrected chi connectivity index (χ4v) is 3.20. The molecule has 0 heterocycles. The van der Waals surface area contributed by atoms with Crippen LogP contribution in [0.3, 0.4) is 0 Å². The molecule has 0 fully saturated rings. The minimum atomic E-state index is -0.469. The molecule has 3 aromatic carbocycles. The molecule has 3 aromatic rings. The van der Waals surface area contributed by atoms with E-state index < -0.39 is 6.10 Å². The Bertz CT molecular complexity index is 797. The second-order valence-electron chi connectivity index (χ2n) is 6.53. The third-order valence-corrected chi connectivity index (χ3v) is 4.60. The summed E-state index contributed by atoms with van der Waals surface area (Å²) in [6, 6.07) is 23.1. The van der Waals surface area contributed by atoms with Crippen molar-refractivity contribution in [1.82, 2.24) is 5.32 Å². The Labute approximate surface area is 144 Å². The lowest BCUT2D eigenvalue weighted by atomic mass is 9.96. The lowest BCUT2D eigenvalue weighted by molar-refractivity contribution is 0.170. The van der Waals surface area contributed by atoms with Gasteiger partial charge in [0.05, 0.1) is 6.10 Å². The lowest BCUT2D eigenvalue weighted by Gasteiger charge is -2.19. The number of rotatable bonds is 6. The topological polar surface area (TPSA) is 32.3 Å². The molecule has 24 heavy (non-hydrogen) atoms. The summed E-state index contributed by atoms with van der Waals surface area (Å²) < 4.78 is 0. The molecule has 0 amide bonds. The zero-order valence-electron chi connectivity index (χ0n) is 14.4. The van der Waals surface area contributed by atoms with Gasteiger partial charge in [-0.25, -0.2) is 0 Å². The number of aliphatic hydroxyl groups excluding tert-OH is 1. The highest BCUT2D eigenvalue weighted by molar-refractivity contribution is 5.88. The summed E-state index contributed by atoms with van der Waals surface area (Å²) in [5.41, 5.74) is 3.62. The van der Waals surface area contributed by atoms with Gasteiger partial charge in [0.15, 0.2) is 0 Å². The standard InChI is InChI=1S/C22H25NO/c1-16-12-13-19(21-11-7-6-10-20(16)21)14-17(2)23-15-22(24)18-8-4-3-5-9-18/h3-13,17,22-24H,14-15H2,1-2H3. The zero-order valence-corrected chi connectivity index (χ0v) is 14.4. The molecule has 0 aliphatic heterocycles. The maximum Gasteiger partial charge on any atom is 0.0914 e. The van der Waals surface area contributed by atoms with Crippen molar-refractivity contribution in [2.45, 2.75) is 32.4 Å². The van der Waals surface area contributed by atoms with Crippen molar-refractivity contribution < 1.29 is 5.11 Å². The van der Waals surface area contributed by atoms with Crippen molar-refractivity contribution in [2.75, 3.05) is 6.54 Å². The first-order valence-electron chi connectivity index (χ1n) is 8.59. The molecule has 2 nitrogen and oxygen atoms in total. The first-order valence-corrected chi connectivity index (χ1v) is 8.59. The minimum Gasteiger partial charge on any atom is -0.387 e. The molecule has 2 unspecified atom stereocenters. The summed E-state index contributed by atoms with van der Waals surface area (Å²) in [5.74, 6) is 0. The van der Waals surface area contributed by atoms with Crippen LogP contribution in [0.4, 0.5) is 0 Å². The number of aliphatic hydroxyl groups is 1. The molecule has 0 bridgehead atoms. The van der Waals surface area contributed by atoms with Crippen LogP contribution in [0, 0.1) is 6.92 Å². The van der Waals surface area contributed by atoms with Crippen LogP contribution in [0.1, 0.15) is 29.7 Å². The van der Waals surface area contributed by atoms with Crippen LogP contribution in [0.15, 0.2) is 66.7 Å². The van der Waals surface area contributed by atoms with Crippen LogP contribution in [-0.4, -0.2) is 17.7 Å². The summed E-state index contributed by atoms with van der Waals surface area (Å²) in [7, 11) is 0. The lowest BCUT2D eigenvalue weighted by Crippen LogP contribution is -2.32. The Balaban J connectivity index is 1.65. The maximum absolute atomic E-state index is 10.3. The Kier molecular flexibility index (Phi) is 5.29. The van der Waals surface area contributed by atoms with E-state index >= 15 is 0 Å². The highest BCUT2D eigenvalue weighted by atomic mass is 16.3. The second kappa shape index (κ2) is 7.61. The van der Waals surface area contributed by atoms with Crippen molar-refractivity contribution in [3.63, 3.8) is 0 Å². The minimum absolute atomic E-state index is 0.300. The molecule has 3 rings (SSSR count). The average molecular weight is 319 g/mol. The third kappa shape index (κ3) is 3.84. The predicted octanol–water partition coefficient (Wildman–Crippen LogP) is 4.40. The molecule has 2 atom stereocenters. The molecule has 0 spiro atoms. The van der Waals surface area contributed by atoms with Gasteiger partial charge in [-0.15, -0.1) is 0 Å². The zero-order chi connectivity index (χ0) is 16.9. The monoisotopic (exact) mass is 319 g/mol. The van der Waals surface area contributed by atoms with E-state index in [0.717, 1.165) is 12.0 Å². The average Bonchev–Trinajstić information content (AvgIpc) is 2.63. The molecule has 0 aliphatic rings. The van der Waals surface area contributed by atoms with Gasteiger partial charge in [0.25, 0.3) is 0 Å². The molecule has 0 saturated heterocycles. The summed E-state index contributed by atoms with van der Waals surface area (Å²) in [5, 5.41) is 16.4. The predicted molar refractivity (Wildman–Crippen MR) is 101 cm³/mol. The number of fused-ring (bicyclic) bond motifs is 1. The largest absolute Gasteiger partial charge is 0.387 e. The first-order chi connectivity index (χ1) is 11.6. The molecule has 2 N–H and O–H groups in total. The summed E-state index contributed by atoms with van der Waals surface area (Å²) in [6.07, 6.45) is 0.478. The van der Waals surface area contributed by atoms with E-state index in [4.69, 9.17) is 0 Å². The molecule has 2 heteroatoms. The number of hydrogen-bond donors (Lipinski definition) is 2. The van der Waals surface area contributed by atoms with Crippen LogP contribution < -0.4 is 5.32 Å². The summed E-state index contributed by atoms with van der Waals surface area (Å²) in [4.78, 5) is 0. The van der Waals surface area contributed by atoms with Crippen molar-refractivity contribution >= 4 is 10.8 Å². The van der Waals surface area contributed by atoms with E-state index in [-0.39, 0.29) is 0 Å². The SMILES string of the molecule is Cc1ccc(CC(C)NCC(O)c2ccccc2)c2ccccc12. The molecular formula is C22H25NO. The molecule has 0 aliphatic carbocycles. The van der Waals surface area contributed by atoms with Crippen molar-refractivity contribution in [2.24, 2.45) is 0 Å². The quantitative estimate of drug-likeness (QED) is 0.706. The van der Waals surface area contributed by atoms with Gasteiger partial charge in [-0.05, 0) is 47.7 Å². The fourth-order valence-electron chi connectivity index (χ4n) is 3.20. The number of hydrogen-bond acceptors (Lipinski definition) is 2. The van der Waals surface area contributed by atoms with Crippen molar-refractivity contribution in [3.05, 3.63) is 83.4 Å². The van der Waals surface area contributed by atoms with Crippen LogP contribution in [0.5, 0.6) is 0 Å². The second-order valence-corrected chi connectivity index (χ2v) is 6.53. The van der Waals surface area contributed by atoms with Gasteiger partial charge in [-0.1, -0.05) is 66.7 Å². The molecular weight excluding hydrogens is 294 g/mol. The van der Waals surface area contributed by atoms with Crippen LogP contribution in [0.25, 0.3) is 10.8 Å². The highest BCUT2D eigenvalue weighted by Gasteiger charge is 2.11. The van der Waals surface area contributed by atoms with Crippen LogP contribution in [-0.2, 0) is 6.42 Å². The highest BCUT2D eigenvalue weighted by Crippen LogP contribution is 2.23. The van der Waals surface area contributed by atoms with E-state index in [0.29, 0.717) is 12.6 Å². The fraction of sp³-hybridized carbons (Fsp3) is 0.273. The first kappa shape index (κ1) is 16.7. The number of nitrogens with one attached hydrogen (secondary N) is 1. The van der Waals surface area contributed by atoms with Gasteiger partial charge in [0, 0.05) is 12.6 Å². The van der Waals surface area contributed by atoms with Crippen molar-refractivity contribution in [3.8, 4) is 0 Å². The molecule has 0 saturated carbocycles. The van der Waals surface area contributed by atoms with Gasteiger partial charge in [-0.2, -0.15) is 0 Å². The Morgan fingerprint density at radius 3 is 2.29 bits per heavy atom. The molecule has 0 radical (unpaired) electrons. The van der Waals surface area contributed by atoms with Gasteiger partial charge < -0.3 is 10.4 Å². The van der Waals surface area contributed by atoms with E-state index in [2.05, 4.69) is 55.6 Å². The van der Waals surface area contributed by atoms with Gasteiger partial charge >= 0.3 is 0 Å². The molecule has 124 valence electrons. The Morgan fingerprint density at radius 2 is 1.54 bits per heavy atom.